The number of halogens is 1. The fourth-order valence-corrected chi connectivity index (χ4v) is 4.19. The summed E-state index contributed by atoms with van der Waals surface area (Å²) in [7, 11) is 0. The van der Waals surface area contributed by atoms with Crippen LogP contribution in [0, 0.1) is 23.3 Å². The molecule has 118 valence electrons. The zero-order chi connectivity index (χ0) is 15.5. The average Bonchev–Trinajstić information content (AvgIpc) is 2.84. The molecule has 0 saturated heterocycles. The van der Waals surface area contributed by atoms with Gasteiger partial charge in [0, 0.05) is 17.9 Å². The first-order valence-electron chi connectivity index (χ1n) is 7.79. The van der Waals surface area contributed by atoms with Crippen molar-refractivity contribution in [1.82, 2.24) is 10.3 Å². The molecule has 0 unspecified atom stereocenters. The van der Waals surface area contributed by atoms with Gasteiger partial charge in [0.15, 0.2) is 11.2 Å². The molecule has 0 bridgehead atoms. The number of nitrogens with zero attached hydrogens (tertiary/aromatic N) is 2. The quantitative estimate of drug-likeness (QED) is 0.659. The van der Waals surface area contributed by atoms with E-state index in [0.717, 1.165) is 17.8 Å². The minimum Gasteiger partial charge on any atom is -0.321 e. The molecule has 2 aliphatic rings. The first-order valence-corrected chi connectivity index (χ1v) is 8.60. The highest BCUT2D eigenvalue weighted by Crippen LogP contribution is 2.38. The lowest BCUT2D eigenvalue weighted by Crippen LogP contribution is -2.44. The van der Waals surface area contributed by atoms with Crippen molar-refractivity contribution in [1.29, 1.82) is 5.26 Å². The molecule has 0 aliphatic heterocycles. The summed E-state index contributed by atoms with van der Waals surface area (Å²) >= 11 is 1.27. The van der Waals surface area contributed by atoms with Crippen molar-refractivity contribution in [3.05, 3.63) is 11.0 Å². The number of aromatic nitrogens is 1. The van der Waals surface area contributed by atoms with E-state index in [1.807, 2.05) is 6.19 Å². The standard InChI is InChI=1S/C15H19FN4OS/c16-12-15(20-13(21)10-6-11(7-10)18-8-17)22-14(19-12)9-4-2-1-3-5-9/h9-11,18H,1-7H2,(H,20,21). The number of carbonyl (C=O) groups is 1. The van der Waals surface area contributed by atoms with Crippen LogP contribution in [0.2, 0.25) is 0 Å². The zero-order valence-corrected chi connectivity index (χ0v) is 13.1. The minimum absolute atomic E-state index is 0.0739. The molecule has 1 heterocycles. The molecule has 0 aromatic carbocycles. The molecule has 0 spiro atoms. The highest BCUT2D eigenvalue weighted by molar-refractivity contribution is 7.16. The third-order valence-electron chi connectivity index (χ3n) is 4.57. The summed E-state index contributed by atoms with van der Waals surface area (Å²) in [6, 6.07) is 0.0739. The maximum atomic E-state index is 13.9. The summed E-state index contributed by atoms with van der Waals surface area (Å²) in [4.78, 5) is 16.1. The summed E-state index contributed by atoms with van der Waals surface area (Å²) in [6.45, 7) is 0. The van der Waals surface area contributed by atoms with E-state index in [1.54, 1.807) is 0 Å². The fraction of sp³-hybridized carbons (Fsp3) is 0.667. The first-order chi connectivity index (χ1) is 10.7. The van der Waals surface area contributed by atoms with Gasteiger partial charge in [-0.25, -0.2) is 4.98 Å². The highest BCUT2D eigenvalue weighted by atomic mass is 32.1. The van der Waals surface area contributed by atoms with Crippen LogP contribution in [-0.2, 0) is 4.79 Å². The monoisotopic (exact) mass is 322 g/mol. The van der Waals surface area contributed by atoms with Crippen LogP contribution < -0.4 is 10.6 Å². The van der Waals surface area contributed by atoms with Gasteiger partial charge in [0.05, 0.1) is 0 Å². The van der Waals surface area contributed by atoms with Crippen molar-refractivity contribution >= 4 is 22.2 Å². The lowest BCUT2D eigenvalue weighted by atomic mass is 9.80. The molecule has 22 heavy (non-hydrogen) atoms. The molecule has 2 saturated carbocycles. The Kier molecular flexibility index (Phi) is 4.57. The lowest BCUT2D eigenvalue weighted by molar-refractivity contribution is -0.122. The van der Waals surface area contributed by atoms with E-state index in [0.29, 0.717) is 18.8 Å². The third kappa shape index (κ3) is 3.22. The number of nitriles is 1. The van der Waals surface area contributed by atoms with Crippen LogP contribution in [0.25, 0.3) is 0 Å². The molecule has 0 radical (unpaired) electrons. The van der Waals surface area contributed by atoms with Gasteiger partial charge in [-0.15, -0.1) is 0 Å². The van der Waals surface area contributed by atoms with E-state index in [1.165, 1.54) is 30.6 Å². The summed E-state index contributed by atoms with van der Waals surface area (Å²) < 4.78 is 13.9. The topological polar surface area (TPSA) is 77.8 Å². The van der Waals surface area contributed by atoms with Crippen molar-refractivity contribution in [2.45, 2.75) is 56.9 Å². The molecular weight excluding hydrogens is 303 g/mol. The number of nitrogens with one attached hydrogen (secondary N) is 2. The van der Waals surface area contributed by atoms with Gasteiger partial charge in [0.1, 0.15) is 5.01 Å². The molecular formula is C15H19FN4OS. The number of thiazole rings is 1. The molecule has 2 aliphatic carbocycles. The van der Waals surface area contributed by atoms with Crippen LogP contribution in [0.1, 0.15) is 55.9 Å². The Morgan fingerprint density at radius 1 is 1.32 bits per heavy atom. The van der Waals surface area contributed by atoms with E-state index >= 15 is 0 Å². The SMILES string of the molecule is N#CNC1CC(C(=O)Nc2sc(C3CCCCC3)nc2F)C1. The zero-order valence-electron chi connectivity index (χ0n) is 12.3. The normalized spacial score (nSPS) is 25.1. The Balaban J connectivity index is 1.57. The summed E-state index contributed by atoms with van der Waals surface area (Å²) in [5.41, 5.74) is 0. The molecule has 5 nitrogen and oxygen atoms in total. The van der Waals surface area contributed by atoms with E-state index in [2.05, 4.69) is 15.6 Å². The van der Waals surface area contributed by atoms with Gasteiger partial charge in [-0.05, 0) is 25.7 Å². The van der Waals surface area contributed by atoms with Crippen LogP contribution in [0.15, 0.2) is 0 Å². The molecule has 1 aromatic rings. The Labute approximate surface area is 132 Å². The predicted octanol–water partition coefficient (Wildman–Crippen LogP) is 3.12. The van der Waals surface area contributed by atoms with E-state index in [4.69, 9.17) is 5.26 Å². The molecule has 2 N–H and O–H groups in total. The summed E-state index contributed by atoms with van der Waals surface area (Å²) in [6.07, 6.45) is 8.82. The van der Waals surface area contributed by atoms with Gasteiger partial charge in [0.25, 0.3) is 0 Å². The first kappa shape index (κ1) is 15.2. The Morgan fingerprint density at radius 2 is 2.05 bits per heavy atom. The number of rotatable bonds is 4. The summed E-state index contributed by atoms with van der Waals surface area (Å²) in [5, 5.41) is 14.9. The molecule has 1 aromatic heterocycles. The van der Waals surface area contributed by atoms with Gasteiger partial charge in [0.2, 0.25) is 11.9 Å². The molecule has 0 atom stereocenters. The molecule has 2 fully saturated rings. The van der Waals surface area contributed by atoms with Crippen molar-refractivity contribution in [2.75, 3.05) is 5.32 Å². The van der Waals surface area contributed by atoms with Crippen LogP contribution in [-0.4, -0.2) is 16.9 Å². The molecule has 1 amide bonds. The van der Waals surface area contributed by atoms with Crippen LogP contribution in [0.5, 0.6) is 0 Å². The van der Waals surface area contributed by atoms with Gasteiger partial charge < -0.3 is 10.6 Å². The van der Waals surface area contributed by atoms with Crippen LogP contribution in [0.4, 0.5) is 9.39 Å². The molecule has 7 heteroatoms. The number of anilines is 1. The minimum atomic E-state index is -0.565. The second kappa shape index (κ2) is 6.61. The Hall–Kier alpha value is -1.68. The maximum absolute atomic E-state index is 13.9. The Morgan fingerprint density at radius 3 is 2.73 bits per heavy atom. The maximum Gasteiger partial charge on any atom is 0.248 e. The second-order valence-corrected chi connectivity index (χ2v) is 7.15. The predicted molar refractivity (Wildman–Crippen MR) is 81.8 cm³/mol. The van der Waals surface area contributed by atoms with Crippen molar-refractivity contribution < 1.29 is 9.18 Å². The van der Waals surface area contributed by atoms with Crippen LogP contribution in [0.3, 0.4) is 0 Å². The third-order valence-corrected chi connectivity index (χ3v) is 5.68. The van der Waals surface area contributed by atoms with E-state index in [-0.39, 0.29) is 22.9 Å². The van der Waals surface area contributed by atoms with Gasteiger partial charge in [-0.2, -0.15) is 9.65 Å². The van der Waals surface area contributed by atoms with E-state index in [9.17, 15) is 9.18 Å². The van der Waals surface area contributed by atoms with Crippen LogP contribution >= 0.6 is 11.3 Å². The van der Waals surface area contributed by atoms with Crippen molar-refractivity contribution in [2.24, 2.45) is 5.92 Å². The van der Waals surface area contributed by atoms with E-state index < -0.39 is 5.95 Å². The number of carbonyl (C=O) groups excluding carboxylic acids is 1. The fourth-order valence-electron chi connectivity index (χ4n) is 3.17. The van der Waals surface area contributed by atoms with Gasteiger partial charge >= 0.3 is 0 Å². The number of amides is 1. The average molecular weight is 322 g/mol. The van der Waals surface area contributed by atoms with Gasteiger partial charge in [-0.3, -0.25) is 4.79 Å². The highest BCUT2D eigenvalue weighted by Gasteiger charge is 2.35. The largest absolute Gasteiger partial charge is 0.321 e. The summed E-state index contributed by atoms with van der Waals surface area (Å²) in [5.74, 6) is -0.545. The van der Waals surface area contributed by atoms with Crippen molar-refractivity contribution in [3.8, 4) is 6.19 Å². The number of hydrogen-bond acceptors (Lipinski definition) is 5. The van der Waals surface area contributed by atoms with Gasteiger partial charge in [-0.1, -0.05) is 30.6 Å². The molecule has 3 rings (SSSR count). The van der Waals surface area contributed by atoms with Crippen molar-refractivity contribution in [3.63, 3.8) is 0 Å². The Bertz CT molecular complexity index is 585. The second-order valence-electron chi connectivity index (χ2n) is 6.12. The lowest BCUT2D eigenvalue weighted by Gasteiger charge is -2.32. The smallest absolute Gasteiger partial charge is 0.248 e. The number of hydrogen-bond donors (Lipinski definition) is 2.